The standard InChI is InChI=1S/C12H11ClN2O2/c13-9-3-1-8(2-4-9)10-7-14-11(15-10)5-6-12(16)17/h1-4,7H,5-6H2,(H,14,15)(H,16,17). The first kappa shape index (κ1) is 11.7. The predicted octanol–water partition coefficient (Wildman–Crippen LogP) is 2.75. The normalized spacial score (nSPS) is 10.4. The second-order valence-corrected chi connectivity index (χ2v) is 4.08. The van der Waals surface area contributed by atoms with E-state index in [0.29, 0.717) is 17.3 Å². The van der Waals surface area contributed by atoms with Crippen LogP contribution < -0.4 is 0 Å². The molecule has 0 fully saturated rings. The van der Waals surface area contributed by atoms with Crippen molar-refractivity contribution in [3.63, 3.8) is 0 Å². The van der Waals surface area contributed by atoms with Crippen LogP contribution in [0.2, 0.25) is 5.02 Å². The van der Waals surface area contributed by atoms with E-state index in [1.807, 2.05) is 12.1 Å². The first-order valence-corrected chi connectivity index (χ1v) is 5.54. The highest BCUT2D eigenvalue weighted by molar-refractivity contribution is 6.30. The van der Waals surface area contributed by atoms with Crippen LogP contribution in [0, 0.1) is 0 Å². The van der Waals surface area contributed by atoms with Crippen molar-refractivity contribution in [2.45, 2.75) is 12.8 Å². The Morgan fingerprint density at radius 2 is 2.06 bits per heavy atom. The molecule has 0 saturated carbocycles. The summed E-state index contributed by atoms with van der Waals surface area (Å²) in [5, 5.41) is 9.25. The fourth-order valence-corrected chi connectivity index (χ4v) is 1.62. The van der Waals surface area contributed by atoms with Crippen LogP contribution in [0.5, 0.6) is 0 Å². The maximum Gasteiger partial charge on any atom is 0.303 e. The van der Waals surface area contributed by atoms with Crippen LogP contribution in [0.1, 0.15) is 12.2 Å². The third kappa shape index (κ3) is 3.07. The van der Waals surface area contributed by atoms with Crippen LogP contribution >= 0.6 is 11.6 Å². The minimum atomic E-state index is -0.825. The number of hydrogen-bond acceptors (Lipinski definition) is 2. The first-order valence-electron chi connectivity index (χ1n) is 5.17. The van der Waals surface area contributed by atoms with Gasteiger partial charge in [0.05, 0.1) is 18.3 Å². The maximum absolute atomic E-state index is 10.4. The minimum absolute atomic E-state index is 0.0770. The van der Waals surface area contributed by atoms with Gasteiger partial charge < -0.3 is 10.1 Å². The molecule has 2 aromatic rings. The molecule has 0 saturated heterocycles. The van der Waals surface area contributed by atoms with E-state index in [1.165, 1.54) is 0 Å². The van der Waals surface area contributed by atoms with Gasteiger partial charge in [-0.05, 0) is 17.7 Å². The number of carboxylic acids is 1. The number of imidazole rings is 1. The number of halogens is 1. The number of nitrogens with zero attached hydrogens (tertiary/aromatic N) is 1. The Labute approximate surface area is 103 Å². The number of aliphatic carboxylic acids is 1. The lowest BCUT2D eigenvalue weighted by Crippen LogP contribution is -1.98. The second-order valence-electron chi connectivity index (χ2n) is 3.64. The van der Waals surface area contributed by atoms with Gasteiger partial charge in [-0.3, -0.25) is 4.79 Å². The minimum Gasteiger partial charge on any atom is -0.481 e. The number of H-pyrrole nitrogens is 1. The number of carbonyl (C=O) groups is 1. The van der Waals surface area contributed by atoms with Gasteiger partial charge in [0, 0.05) is 11.4 Å². The molecule has 0 radical (unpaired) electrons. The zero-order valence-electron chi connectivity index (χ0n) is 8.98. The number of rotatable bonds is 4. The third-order valence-corrected chi connectivity index (χ3v) is 2.61. The van der Waals surface area contributed by atoms with E-state index in [2.05, 4.69) is 9.97 Å². The van der Waals surface area contributed by atoms with E-state index in [-0.39, 0.29) is 6.42 Å². The van der Waals surface area contributed by atoms with Gasteiger partial charge in [-0.15, -0.1) is 0 Å². The monoisotopic (exact) mass is 250 g/mol. The van der Waals surface area contributed by atoms with Crippen LogP contribution in [0.25, 0.3) is 11.3 Å². The molecule has 1 aromatic heterocycles. The van der Waals surface area contributed by atoms with Gasteiger partial charge in [0.1, 0.15) is 5.82 Å². The van der Waals surface area contributed by atoms with Crippen molar-refractivity contribution in [3.8, 4) is 11.3 Å². The molecule has 0 aliphatic heterocycles. The number of aromatic nitrogens is 2. The molecule has 0 atom stereocenters. The number of carboxylic acid groups (broad SMARTS) is 1. The van der Waals surface area contributed by atoms with E-state index in [4.69, 9.17) is 16.7 Å². The van der Waals surface area contributed by atoms with Crippen molar-refractivity contribution < 1.29 is 9.90 Å². The van der Waals surface area contributed by atoms with Gasteiger partial charge in [0.2, 0.25) is 0 Å². The molecule has 0 aliphatic carbocycles. The van der Waals surface area contributed by atoms with Gasteiger partial charge in [0.15, 0.2) is 0 Å². The summed E-state index contributed by atoms with van der Waals surface area (Å²) in [6.07, 6.45) is 2.18. The fraction of sp³-hybridized carbons (Fsp3) is 0.167. The third-order valence-electron chi connectivity index (χ3n) is 2.36. The Hall–Kier alpha value is -1.81. The lowest BCUT2D eigenvalue weighted by molar-refractivity contribution is -0.137. The molecule has 0 spiro atoms. The largest absolute Gasteiger partial charge is 0.481 e. The van der Waals surface area contributed by atoms with E-state index in [0.717, 1.165) is 11.3 Å². The molecule has 2 N–H and O–H groups in total. The summed E-state index contributed by atoms with van der Waals surface area (Å²) in [5.74, 6) is -0.146. The summed E-state index contributed by atoms with van der Waals surface area (Å²) in [6, 6.07) is 7.37. The van der Waals surface area contributed by atoms with E-state index >= 15 is 0 Å². The fourth-order valence-electron chi connectivity index (χ4n) is 1.49. The SMILES string of the molecule is O=C(O)CCc1ncc(-c2ccc(Cl)cc2)[nH]1. The molecular weight excluding hydrogens is 240 g/mol. The van der Waals surface area contributed by atoms with Crippen LogP contribution in [0.3, 0.4) is 0 Å². The average molecular weight is 251 g/mol. The van der Waals surface area contributed by atoms with Crippen molar-refractivity contribution in [3.05, 3.63) is 41.3 Å². The Morgan fingerprint density at radius 1 is 1.35 bits per heavy atom. The number of hydrogen-bond donors (Lipinski definition) is 2. The van der Waals surface area contributed by atoms with Crippen molar-refractivity contribution in [2.75, 3.05) is 0 Å². The van der Waals surface area contributed by atoms with Crippen molar-refractivity contribution in [2.24, 2.45) is 0 Å². The molecule has 0 aliphatic rings. The Kier molecular flexibility index (Phi) is 3.44. The molecule has 4 nitrogen and oxygen atoms in total. The molecule has 2 rings (SSSR count). The Bertz CT molecular complexity index is 520. The predicted molar refractivity (Wildman–Crippen MR) is 65.0 cm³/mol. The first-order chi connectivity index (χ1) is 8.15. The quantitative estimate of drug-likeness (QED) is 0.877. The molecule has 88 valence electrons. The highest BCUT2D eigenvalue weighted by atomic mass is 35.5. The molecule has 0 bridgehead atoms. The molecule has 0 unspecified atom stereocenters. The van der Waals surface area contributed by atoms with Gasteiger partial charge in [0.25, 0.3) is 0 Å². The zero-order chi connectivity index (χ0) is 12.3. The number of aryl methyl sites for hydroxylation is 1. The number of benzene rings is 1. The smallest absolute Gasteiger partial charge is 0.303 e. The average Bonchev–Trinajstić information content (AvgIpc) is 2.76. The molecule has 0 amide bonds. The highest BCUT2D eigenvalue weighted by Crippen LogP contribution is 2.19. The van der Waals surface area contributed by atoms with E-state index in [9.17, 15) is 4.79 Å². The summed E-state index contributed by atoms with van der Waals surface area (Å²) < 4.78 is 0. The Morgan fingerprint density at radius 3 is 2.71 bits per heavy atom. The van der Waals surface area contributed by atoms with Gasteiger partial charge in [-0.1, -0.05) is 23.7 Å². The molecule has 1 aromatic carbocycles. The van der Waals surface area contributed by atoms with Crippen molar-refractivity contribution in [1.29, 1.82) is 0 Å². The summed E-state index contributed by atoms with van der Waals surface area (Å²) in [6.45, 7) is 0. The molecular formula is C12H11ClN2O2. The van der Waals surface area contributed by atoms with Crippen molar-refractivity contribution >= 4 is 17.6 Å². The zero-order valence-corrected chi connectivity index (χ0v) is 9.74. The highest BCUT2D eigenvalue weighted by Gasteiger charge is 2.05. The van der Waals surface area contributed by atoms with Gasteiger partial charge >= 0.3 is 5.97 Å². The van der Waals surface area contributed by atoms with Crippen LogP contribution in [-0.4, -0.2) is 21.0 Å². The van der Waals surface area contributed by atoms with Crippen LogP contribution in [0.15, 0.2) is 30.5 Å². The van der Waals surface area contributed by atoms with Crippen LogP contribution in [-0.2, 0) is 11.2 Å². The Balaban J connectivity index is 2.12. The number of aromatic amines is 1. The van der Waals surface area contributed by atoms with Crippen molar-refractivity contribution in [1.82, 2.24) is 9.97 Å². The lowest BCUT2D eigenvalue weighted by Gasteiger charge is -1.97. The summed E-state index contributed by atoms with van der Waals surface area (Å²) in [7, 11) is 0. The summed E-state index contributed by atoms with van der Waals surface area (Å²) in [5.41, 5.74) is 1.84. The van der Waals surface area contributed by atoms with Gasteiger partial charge in [-0.2, -0.15) is 0 Å². The maximum atomic E-state index is 10.4. The van der Waals surface area contributed by atoms with Crippen LogP contribution in [0.4, 0.5) is 0 Å². The molecule has 5 heteroatoms. The molecule has 1 heterocycles. The lowest BCUT2D eigenvalue weighted by atomic mass is 10.2. The molecule has 17 heavy (non-hydrogen) atoms. The second kappa shape index (κ2) is 5.01. The van der Waals surface area contributed by atoms with E-state index in [1.54, 1.807) is 18.3 Å². The van der Waals surface area contributed by atoms with Gasteiger partial charge in [-0.25, -0.2) is 4.98 Å². The number of nitrogens with one attached hydrogen (secondary N) is 1. The summed E-state index contributed by atoms with van der Waals surface area (Å²) in [4.78, 5) is 17.7. The van der Waals surface area contributed by atoms with E-state index < -0.39 is 5.97 Å². The topological polar surface area (TPSA) is 66.0 Å². The summed E-state index contributed by atoms with van der Waals surface area (Å²) >= 11 is 5.80.